The van der Waals surface area contributed by atoms with Gasteiger partial charge in [0, 0.05) is 28.6 Å². The lowest BCUT2D eigenvalue weighted by Gasteiger charge is -2.45. The van der Waals surface area contributed by atoms with E-state index in [0.717, 1.165) is 25.0 Å². The number of cyclic esters (lactones) is 2. The Morgan fingerprint density at radius 2 is 2.04 bits per heavy atom. The lowest BCUT2D eigenvalue weighted by molar-refractivity contribution is -0.153. The van der Waals surface area contributed by atoms with Crippen LogP contribution < -0.4 is 0 Å². The Hall–Kier alpha value is -1.91. The fourth-order valence-electron chi connectivity index (χ4n) is 7.17. The molecule has 1 saturated heterocycles. The minimum Gasteiger partial charge on any atom is -0.501 e. The van der Waals surface area contributed by atoms with E-state index in [1.807, 2.05) is 6.08 Å². The monoisotopic (exact) mass is 326 g/mol. The summed E-state index contributed by atoms with van der Waals surface area (Å²) >= 11 is 0. The third-order valence-electron chi connectivity index (χ3n) is 7.89. The maximum absolute atomic E-state index is 12.8. The topological polar surface area (TPSA) is 69.7 Å². The normalized spacial score (nSPS) is 52.7. The molecular formula is C19H18O5. The van der Waals surface area contributed by atoms with Crippen LogP contribution in [0.5, 0.6) is 0 Å². The van der Waals surface area contributed by atoms with Crippen LogP contribution in [0, 0.1) is 40.4 Å². The number of hydrogen-bond acceptors (Lipinski definition) is 5. The molecule has 4 saturated carbocycles. The molecule has 5 fully saturated rings. The number of esters is 2. The van der Waals surface area contributed by atoms with Gasteiger partial charge in [0.15, 0.2) is 0 Å². The molecule has 4 bridgehead atoms. The lowest BCUT2D eigenvalue weighted by atomic mass is 9.58. The van der Waals surface area contributed by atoms with Crippen molar-refractivity contribution in [1.82, 2.24) is 0 Å². The molecule has 0 radical (unpaired) electrons. The van der Waals surface area contributed by atoms with Gasteiger partial charge in [0.05, 0.1) is 18.9 Å². The summed E-state index contributed by atoms with van der Waals surface area (Å²) in [5.41, 5.74) is 0.900. The highest BCUT2D eigenvalue weighted by Crippen LogP contribution is 2.89. The van der Waals surface area contributed by atoms with E-state index in [0.29, 0.717) is 12.2 Å². The summed E-state index contributed by atoms with van der Waals surface area (Å²) in [6.45, 7) is 0. The maximum Gasteiger partial charge on any atom is 0.318 e. The summed E-state index contributed by atoms with van der Waals surface area (Å²) in [4.78, 5) is 37.0. The average molecular weight is 326 g/mol. The van der Waals surface area contributed by atoms with Crippen LogP contribution >= 0.6 is 0 Å². The summed E-state index contributed by atoms with van der Waals surface area (Å²) in [6.07, 6.45) is 7.55. The molecule has 7 rings (SSSR count). The quantitative estimate of drug-likeness (QED) is 0.417. The van der Waals surface area contributed by atoms with Crippen molar-refractivity contribution in [2.24, 2.45) is 40.4 Å². The standard InChI is InChI=1S/C19H18O5/c1-23-12-6-10-11(3-2-9-13(10)17(22)24-16(9)21)18-5-4-8-7-19(12,18)15(18)14(8)20/h3,6,8-10,13,15H,2,4-5,7H2,1H3/t8-,9-,10+,13-,15?,18+,19-/m1/s1. The Bertz CT molecular complexity index is 807. The number of carbonyl (C=O) groups excluding carboxylic acids is 3. The van der Waals surface area contributed by atoms with Crippen LogP contribution in [0.4, 0.5) is 0 Å². The predicted molar refractivity (Wildman–Crippen MR) is 80.1 cm³/mol. The molecule has 124 valence electrons. The second-order valence-corrected chi connectivity index (χ2v) is 8.25. The molecule has 7 aliphatic rings. The zero-order chi connectivity index (χ0) is 16.4. The zero-order valence-corrected chi connectivity index (χ0v) is 13.4. The van der Waals surface area contributed by atoms with Crippen molar-refractivity contribution < 1.29 is 23.9 Å². The molecule has 1 heterocycles. The van der Waals surface area contributed by atoms with Crippen molar-refractivity contribution in [3.05, 3.63) is 23.5 Å². The second kappa shape index (κ2) is 3.68. The van der Waals surface area contributed by atoms with E-state index < -0.39 is 17.9 Å². The molecule has 24 heavy (non-hydrogen) atoms. The molecule has 1 aliphatic heterocycles. The van der Waals surface area contributed by atoms with Crippen LogP contribution in [0.1, 0.15) is 25.7 Å². The van der Waals surface area contributed by atoms with Gasteiger partial charge < -0.3 is 9.47 Å². The van der Waals surface area contributed by atoms with Crippen molar-refractivity contribution in [3.8, 4) is 0 Å². The molecule has 5 heteroatoms. The Kier molecular flexibility index (Phi) is 2.05. The van der Waals surface area contributed by atoms with Crippen molar-refractivity contribution in [3.63, 3.8) is 0 Å². The first-order chi connectivity index (χ1) is 11.6. The van der Waals surface area contributed by atoms with Gasteiger partial charge >= 0.3 is 11.9 Å². The molecule has 0 aromatic rings. The number of methoxy groups -OCH3 is 1. The Morgan fingerprint density at radius 3 is 2.83 bits per heavy atom. The van der Waals surface area contributed by atoms with Crippen LogP contribution in [0.25, 0.3) is 0 Å². The smallest absolute Gasteiger partial charge is 0.318 e. The molecule has 5 nitrogen and oxygen atoms in total. The highest BCUT2D eigenvalue weighted by Gasteiger charge is 2.89. The second-order valence-electron chi connectivity index (χ2n) is 8.25. The van der Waals surface area contributed by atoms with Crippen LogP contribution in [-0.2, 0) is 23.9 Å². The number of ether oxygens (including phenoxy) is 2. The molecule has 0 N–H and O–H groups in total. The molecule has 0 aromatic heterocycles. The van der Waals surface area contributed by atoms with E-state index in [1.165, 1.54) is 5.57 Å². The summed E-state index contributed by atoms with van der Waals surface area (Å²) in [5, 5.41) is 0. The van der Waals surface area contributed by atoms with E-state index in [-0.39, 0.29) is 34.5 Å². The minimum atomic E-state index is -0.441. The van der Waals surface area contributed by atoms with Crippen molar-refractivity contribution in [2.75, 3.05) is 7.11 Å². The average Bonchev–Trinajstić information content (AvgIpc) is 3.01. The fraction of sp³-hybridized carbons (Fsp3) is 0.632. The van der Waals surface area contributed by atoms with Gasteiger partial charge in [-0.2, -0.15) is 0 Å². The number of rotatable bonds is 1. The van der Waals surface area contributed by atoms with E-state index in [1.54, 1.807) is 7.11 Å². The Morgan fingerprint density at radius 1 is 1.21 bits per heavy atom. The van der Waals surface area contributed by atoms with Crippen LogP contribution in [0.2, 0.25) is 0 Å². The summed E-state index contributed by atoms with van der Waals surface area (Å²) in [5.74, 6) is -0.320. The predicted octanol–water partition coefficient (Wildman–Crippen LogP) is 1.78. The third kappa shape index (κ3) is 1.06. The highest BCUT2D eigenvalue weighted by molar-refractivity contribution is 5.99. The van der Waals surface area contributed by atoms with Gasteiger partial charge in [0.2, 0.25) is 0 Å². The first-order valence-electron chi connectivity index (χ1n) is 8.82. The first-order valence-corrected chi connectivity index (χ1v) is 8.82. The largest absolute Gasteiger partial charge is 0.501 e. The molecule has 6 aliphatic carbocycles. The zero-order valence-electron chi connectivity index (χ0n) is 13.4. The van der Waals surface area contributed by atoms with Gasteiger partial charge in [-0.25, -0.2) is 0 Å². The van der Waals surface area contributed by atoms with Crippen molar-refractivity contribution in [2.45, 2.75) is 25.7 Å². The van der Waals surface area contributed by atoms with E-state index in [4.69, 9.17) is 9.47 Å². The molecule has 0 amide bonds. The molecular weight excluding hydrogens is 308 g/mol. The van der Waals surface area contributed by atoms with Crippen molar-refractivity contribution in [1.29, 1.82) is 0 Å². The lowest BCUT2D eigenvalue weighted by Crippen LogP contribution is -2.42. The molecule has 2 spiro atoms. The minimum absolute atomic E-state index is 0.0240. The summed E-state index contributed by atoms with van der Waals surface area (Å²) < 4.78 is 10.7. The number of Topliss-reactive ketones (excluding diaryl/α,β-unsaturated/α-hetero) is 1. The number of fused-ring (bicyclic) bond motifs is 4. The SMILES string of the molecule is COC1=C[C@H]2C(=CC[C@H]3C(=O)OC(=O)[C@@H]23)[C@]23CC[C@@H]4C[C@]12C3C4=O. The highest BCUT2D eigenvalue weighted by atomic mass is 16.6. The Labute approximate surface area is 139 Å². The van der Waals surface area contributed by atoms with Crippen LogP contribution in [0.15, 0.2) is 23.5 Å². The summed E-state index contributed by atoms with van der Waals surface area (Å²) in [6, 6.07) is 0. The number of allylic oxidation sites excluding steroid dienone is 4. The van der Waals surface area contributed by atoms with Crippen LogP contribution in [-0.4, -0.2) is 24.8 Å². The number of carbonyl (C=O) groups is 3. The third-order valence-corrected chi connectivity index (χ3v) is 7.89. The van der Waals surface area contributed by atoms with Gasteiger partial charge in [-0.15, -0.1) is 0 Å². The van der Waals surface area contributed by atoms with Gasteiger partial charge in [-0.1, -0.05) is 11.6 Å². The molecule has 0 aromatic carbocycles. The molecule has 7 atom stereocenters. The van der Waals surface area contributed by atoms with Gasteiger partial charge in [0.1, 0.15) is 11.5 Å². The molecule has 1 unspecified atom stereocenters. The van der Waals surface area contributed by atoms with Gasteiger partial charge in [-0.3, -0.25) is 14.4 Å². The van der Waals surface area contributed by atoms with Crippen molar-refractivity contribution >= 4 is 17.7 Å². The van der Waals surface area contributed by atoms with E-state index >= 15 is 0 Å². The Balaban J connectivity index is 1.57. The van der Waals surface area contributed by atoms with E-state index in [2.05, 4.69) is 6.08 Å². The van der Waals surface area contributed by atoms with Gasteiger partial charge in [-0.05, 0) is 31.8 Å². The van der Waals surface area contributed by atoms with E-state index in [9.17, 15) is 14.4 Å². The first kappa shape index (κ1) is 13.4. The fourth-order valence-corrected chi connectivity index (χ4v) is 7.17. The number of ketones is 1. The van der Waals surface area contributed by atoms with Crippen LogP contribution in [0.3, 0.4) is 0 Å². The van der Waals surface area contributed by atoms with Gasteiger partial charge in [0.25, 0.3) is 0 Å². The maximum atomic E-state index is 12.8. The number of hydrogen-bond donors (Lipinski definition) is 0. The summed E-state index contributed by atoms with van der Waals surface area (Å²) in [7, 11) is 1.66.